The molecule has 0 aliphatic carbocycles. The third-order valence-electron chi connectivity index (χ3n) is 2.66. The number of aromatic nitrogens is 1. The zero-order valence-electron chi connectivity index (χ0n) is 11.5. The van der Waals surface area contributed by atoms with Crippen LogP contribution in [0, 0.1) is 0 Å². The highest BCUT2D eigenvalue weighted by Crippen LogP contribution is 2.30. The SMILES string of the molecule is CCNS(=O)(=O)NCCc1csc(-c2ccccc2Cl)n1. The van der Waals surface area contributed by atoms with Gasteiger partial charge in [-0.15, -0.1) is 11.3 Å². The molecule has 0 unspecified atom stereocenters. The number of benzene rings is 1. The molecule has 0 bridgehead atoms. The number of thiazole rings is 1. The molecule has 0 spiro atoms. The number of hydrogen-bond acceptors (Lipinski definition) is 4. The number of nitrogens with zero attached hydrogens (tertiary/aromatic N) is 1. The lowest BCUT2D eigenvalue weighted by Gasteiger charge is -2.05. The molecule has 8 heteroatoms. The molecule has 114 valence electrons. The summed E-state index contributed by atoms with van der Waals surface area (Å²) < 4.78 is 27.7. The van der Waals surface area contributed by atoms with Crippen LogP contribution < -0.4 is 9.44 Å². The van der Waals surface area contributed by atoms with Gasteiger partial charge in [-0.1, -0.05) is 36.7 Å². The van der Waals surface area contributed by atoms with E-state index in [1.54, 1.807) is 6.92 Å². The molecule has 2 aromatic rings. The fraction of sp³-hybridized carbons (Fsp3) is 0.308. The maximum atomic E-state index is 11.4. The quantitative estimate of drug-likeness (QED) is 0.809. The van der Waals surface area contributed by atoms with Crippen molar-refractivity contribution in [2.24, 2.45) is 0 Å². The number of hydrogen-bond donors (Lipinski definition) is 2. The van der Waals surface area contributed by atoms with Crippen molar-refractivity contribution in [1.82, 2.24) is 14.4 Å². The van der Waals surface area contributed by atoms with Gasteiger partial charge in [0.15, 0.2) is 0 Å². The van der Waals surface area contributed by atoms with Crippen LogP contribution in [0.3, 0.4) is 0 Å². The molecule has 0 atom stereocenters. The molecule has 1 aromatic heterocycles. The van der Waals surface area contributed by atoms with E-state index in [0.29, 0.717) is 24.5 Å². The number of rotatable bonds is 7. The van der Waals surface area contributed by atoms with Crippen molar-refractivity contribution in [3.05, 3.63) is 40.4 Å². The van der Waals surface area contributed by atoms with Crippen LogP contribution in [0.15, 0.2) is 29.6 Å². The second kappa shape index (κ2) is 7.33. The third-order valence-corrected chi connectivity index (χ3v) is 5.17. The predicted octanol–water partition coefficient (Wildman–Crippen LogP) is 2.45. The fourth-order valence-corrected chi connectivity index (χ4v) is 3.76. The van der Waals surface area contributed by atoms with Crippen LogP contribution in [0.25, 0.3) is 10.6 Å². The molecule has 2 N–H and O–H groups in total. The highest BCUT2D eigenvalue weighted by atomic mass is 35.5. The Morgan fingerprint density at radius 3 is 2.76 bits per heavy atom. The number of halogens is 1. The van der Waals surface area contributed by atoms with Gasteiger partial charge in [0.1, 0.15) is 5.01 Å². The van der Waals surface area contributed by atoms with Gasteiger partial charge in [0.25, 0.3) is 10.2 Å². The van der Waals surface area contributed by atoms with Crippen LogP contribution in [0.2, 0.25) is 5.02 Å². The molecule has 0 radical (unpaired) electrons. The average molecular weight is 346 g/mol. The zero-order chi connectivity index (χ0) is 15.3. The van der Waals surface area contributed by atoms with Crippen molar-refractivity contribution in [3.8, 4) is 10.6 Å². The summed E-state index contributed by atoms with van der Waals surface area (Å²) in [5, 5.41) is 3.41. The van der Waals surface area contributed by atoms with Gasteiger partial charge in [-0.05, 0) is 6.07 Å². The van der Waals surface area contributed by atoms with Gasteiger partial charge in [0, 0.05) is 30.5 Å². The van der Waals surface area contributed by atoms with Crippen LogP contribution in [0.1, 0.15) is 12.6 Å². The Bertz CT molecular complexity index is 701. The van der Waals surface area contributed by atoms with Crippen LogP contribution in [0.5, 0.6) is 0 Å². The van der Waals surface area contributed by atoms with E-state index in [1.165, 1.54) is 11.3 Å². The molecule has 21 heavy (non-hydrogen) atoms. The molecular weight excluding hydrogens is 330 g/mol. The molecule has 1 aromatic carbocycles. The summed E-state index contributed by atoms with van der Waals surface area (Å²) in [5.74, 6) is 0. The summed E-state index contributed by atoms with van der Waals surface area (Å²) in [4.78, 5) is 4.49. The maximum absolute atomic E-state index is 11.4. The molecule has 0 saturated heterocycles. The fourth-order valence-electron chi connectivity index (χ4n) is 1.73. The highest BCUT2D eigenvalue weighted by Gasteiger charge is 2.10. The van der Waals surface area contributed by atoms with E-state index < -0.39 is 10.2 Å². The first kappa shape index (κ1) is 16.4. The Hall–Kier alpha value is -0.990. The van der Waals surface area contributed by atoms with E-state index in [1.807, 2.05) is 29.6 Å². The van der Waals surface area contributed by atoms with Crippen LogP contribution in [-0.4, -0.2) is 26.5 Å². The van der Waals surface area contributed by atoms with Gasteiger partial charge in [0.2, 0.25) is 0 Å². The van der Waals surface area contributed by atoms with Crippen molar-refractivity contribution in [3.63, 3.8) is 0 Å². The molecule has 2 rings (SSSR count). The maximum Gasteiger partial charge on any atom is 0.276 e. The summed E-state index contributed by atoms with van der Waals surface area (Å²) in [6.45, 7) is 2.40. The minimum Gasteiger partial charge on any atom is -0.241 e. The van der Waals surface area contributed by atoms with Crippen molar-refractivity contribution < 1.29 is 8.42 Å². The first-order valence-electron chi connectivity index (χ1n) is 6.45. The second-order valence-electron chi connectivity index (χ2n) is 4.27. The normalized spacial score (nSPS) is 11.7. The van der Waals surface area contributed by atoms with Gasteiger partial charge in [0.05, 0.1) is 10.7 Å². The second-order valence-corrected chi connectivity index (χ2v) is 7.12. The minimum absolute atomic E-state index is 0.307. The van der Waals surface area contributed by atoms with Crippen molar-refractivity contribution in [2.75, 3.05) is 13.1 Å². The molecule has 0 saturated carbocycles. The van der Waals surface area contributed by atoms with Crippen molar-refractivity contribution >= 4 is 33.1 Å². The molecular formula is C13H16ClN3O2S2. The highest BCUT2D eigenvalue weighted by molar-refractivity contribution is 7.87. The summed E-state index contributed by atoms with van der Waals surface area (Å²) in [5.41, 5.74) is 1.73. The minimum atomic E-state index is -3.40. The van der Waals surface area contributed by atoms with Gasteiger partial charge < -0.3 is 0 Å². The monoisotopic (exact) mass is 345 g/mol. The van der Waals surface area contributed by atoms with Crippen LogP contribution in [0.4, 0.5) is 0 Å². The van der Waals surface area contributed by atoms with E-state index in [2.05, 4.69) is 14.4 Å². The Morgan fingerprint density at radius 1 is 1.29 bits per heavy atom. The topological polar surface area (TPSA) is 71.1 Å². The van der Waals surface area contributed by atoms with E-state index in [4.69, 9.17) is 11.6 Å². The average Bonchev–Trinajstić information content (AvgIpc) is 2.87. The van der Waals surface area contributed by atoms with E-state index in [9.17, 15) is 8.42 Å². The lowest BCUT2D eigenvalue weighted by Crippen LogP contribution is -2.37. The lowest BCUT2D eigenvalue weighted by molar-refractivity contribution is 0.568. The molecule has 5 nitrogen and oxygen atoms in total. The summed E-state index contributed by atoms with van der Waals surface area (Å²) in [6, 6.07) is 7.52. The van der Waals surface area contributed by atoms with Gasteiger partial charge in [-0.3, -0.25) is 0 Å². The zero-order valence-corrected chi connectivity index (χ0v) is 13.9. The van der Waals surface area contributed by atoms with E-state index >= 15 is 0 Å². The number of nitrogens with one attached hydrogen (secondary N) is 2. The summed E-state index contributed by atoms with van der Waals surface area (Å²) in [7, 11) is -3.40. The van der Waals surface area contributed by atoms with Crippen molar-refractivity contribution in [1.29, 1.82) is 0 Å². The molecule has 1 heterocycles. The van der Waals surface area contributed by atoms with Gasteiger partial charge in [-0.25, -0.2) is 14.4 Å². The molecule has 0 aliphatic heterocycles. The summed E-state index contributed by atoms with van der Waals surface area (Å²) in [6.07, 6.45) is 0.533. The van der Waals surface area contributed by atoms with Crippen LogP contribution >= 0.6 is 22.9 Å². The predicted molar refractivity (Wildman–Crippen MR) is 86.9 cm³/mol. The molecule has 0 amide bonds. The molecule has 0 fully saturated rings. The van der Waals surface area contributed by atoms with E-state index in [-0.39, 0.29) is 0 Å². The third kappa shape index (κ3) is 4.76. The Labute approximate surface area is 133 Å². The van der Waals surface area contributed by atoms with Crippen LogP contribution in [-0.2, 0) is 16.6 Å². The Kier molecular flexibility index (Phi) is 5.72. The van der Waals surface area contributed by atoms with E-state index in [0.717, 1.165) is 16.3 Å². The first-order chi connectivity index (χ1) is 10.0. The summed E-state index contributed by atoms with van der Waals surface area (Å²) >= 11 is 7.63. The first-order valence-corrected chi connectivity index (χ1v) is 9.19. The lowest BCUT2D eigenvalue weighted by atomic mass is 10.2. The molecule has 0 aliphatic rings. The Balaban J connectivity index is 1.97. The van der Waals surface area contributed by atoms with Gasteiger partial charge in [-0.2, -0.15) is 8.42 Å². The standard InChI is InChI=1S/C13H16ClN3O2S2/c1-2-15-21(18,19)16-8-7-10-9-20-13(17-10)11-5-3-4-6-12(11)14/h3-6,9,15-16H,2,7-8H2,1H3. The van der Waals surface area contributed by atoms with Crippen molar-refractivity contribution in [2.45, 2.75) is 13.3 Å². The smallest absolute Gasteiger partial charge is 0.241 e. The van der Waals surface area contributed by atoms with Gasteiger partial charge >= 0.3 is 0 Å². The Morgan fingerprint density at radius 2 is 2.05 bits per heavy atom. The largest absolute Gasteiger partial charge is 0.276 e.